The molecule has 1 aliphatic heterocycles. The number of aliphatic hydroxyl groups is 2. The van der Waals surface area contributed by atoms with Crippen LogP contribution in [0.15, 0.2) is 18.2 Å². The van der Waals surface area contributed by atoms with Gasteiger partial charge in [0.05, 0.1) is 23.8 Å². The number of nitrogens with zero attached hydrogens (tertiary/aromatic N) is 1. The van der Waals surface area contributed by atoms with Gasteiger partial charge in [-0.05, 0) is 18.2 Å². The van der Waals surface area contributed by atoms with Crippen molar-refractivity contribution < 1.29 is 15.0 Å². The summed E-state index contributed by atoms with van der Waals surface area (Å²) in [5.74, 6) is -0.177. The van der Waals surface area contributed by atoms with Gasteiger partial charge in [0.15, 0.2) is 5.78 Å². The van der Waals surface area contributed by atoms with Crippen molar-refractivity contribution >= 4 is 29.0 Å². The van der Waals surface area contributed by atoms with Crippen molar-refractivity contribution in [2.24, 2.45) is 0 Å². The first kappa shape index (κ1) is 13.8. The zero-order chi connectivity index (χ0) is 13.3. The summed E-state index contributed by atoms with van der Waals surface area (Å²) >= 11 is 11.8. The number of benzene rings is 1. The third kappa shape index (κ3) is 3.02. The number of carbonyl (C=O) groups excluding carboxylic acids is 1. The number of hydrogen-bond acceptors (Lipinski definition) is 4. The van der Waals surface area contributed by atoms with E-state index >= 15 is 0 Å². The Kier molecular flexibility index (Phi) is 4.25. The van der Waals surface area contributed by atoms with Gasteiger partial charge in [0.25, 0.3) is 0 Å². The second kappa shape index (κ2) is 5.55. The number of ketones is 1. The normalized spacial score (nSPS) is 24.4. The minimum Gasteiger partial charge on any atom is -0.389 e. The van der Waals surface area contributed by atoms with Gasteiger partial charge in [-0.1, -0.05) is 23.2 Å². The predicted octanol–water partition coefficient (Wildman–Crippen LogP) is 1.21. The topological polar surface area (TPSA) is 60.8 Å². The Bertz CT molecular complexity index is 457. The molecule has 0 aliphatic carbocycles. The fraction of sp³-hybridized carbons (Fsp3) is 0.417. The highest BCUT2D eigenvalue weighted by Crippen LogP contribution is 2.22. The Morgan fingerprint density at radius 3 is 2.50 bits per heavy atom. The van der Waals surface area contributed by atoms with Crippen molar-refractivity contribution in [2.45, 2.75) is 12.2 Å². The number of Topliss-reactive ketones (excluding diaryl/α,β-unsaturated/α-hetero) is 1. The van der Waals surface area contributed by atoms with E-state index in [2.05, 4.69) is 0 Å². The van der Waals surface area contributed by atoms with E-state index in [0.717, 1.165) is 0 Å². The summed E-state index contributed by atoms with van der Waals surface area (Å²) in [6.07, 6.45) is -1.60. The Morgan fingerprint density at radius 2 is 1.89 bits per heavy atom. The largest absolute Gasteiger partial charge is 0.389 e. The van der Waals surface area contributed by atoms with Crippen LogP contribution in [0.5, 0.6) is 0 Å². The van der Waals surface area contributed by atoms with Crippen molar-refractivity contribution in [1.29, 1.82) is 0 Å². The molecule has 0 spiro atoms. The lowest BCUT2D eigenvalue weighted by atomic mass is 10.1. The number of halogens is 2. The lowest BCUT2D eigenvalue weighted by molar-refractivity contribution is 0.0572. The Morgan fingerprint density at radius 1 is 1.28 bits per heavy atom. The number of aliphatic hydroxyl groups excluding tert-OH is 2. The molecule has 0 amide bonds. The molecule has 1 saturated heterocycles. The molecule has 1 aromatic carbocycles. The maximum atomic E-state index is 12.0. The molecular weight excluding hydrogens is 277 g/mol. The van der Waals surface area contributed by atoms with Crippen molar-refractivity contribution in [3.63, 3.8) is 0 Å². The van der Waals surface area contributed by atoms with Crippen LogP contribution in [0.25, 0.3) is 0 Å². The minimum atomic E-state index is -0.798. The van der Waals surface area contributed by atoms with Gasteiger partial charge in [-0.25, -0.2) is 0 Å². The van der Waals surface area contributed by atoms with Crippen LogP contribution in [0.4, 0.5) is 0 Å². The molecule has 2 N–H and O–H groups in total. The highest BCUT2D eigenvalue weighted by molar-refractivity contribution is 6.36. The molecule has 0 saturated carbocycles. The summed E-state index contributed by atoms with van der Waals surface area (Å²) in [6.45, 7) is 0.671. The Balaban J connectivity index is 2.06. The molecule has 2 rings (SSSR count). The van der Waals surface area contributed by atoms with E-state index in [-0.39, 0.29) is 25.4 Å². The zero-order valence-corrected chi connectivity index (χ0v) is 11.0. The SMILES string of the molecule is O=C(CN1CC(O)C(O)C1)c1cc(Cl)ccc1Cl. The summed E-state index contributed by atoms with van der Waals surface area (Å²) in [7, 11) is 0. The maximum Gasteiger partial charge on any atom is 0.178 e. The Hall–Kier alpha value is -0.650. The summed E-state index contributed by atoms with van der Waals surface area (Å²) < 4.78 is 0. The number of β-amino-alcohol motifs (C(OH)–C–C–N with tert-alkyl or cyclic N) is 2. The first-order valence-corrected chi connectivity index (χ1v) is 6.29. The molecule has 2 unspecified atom stereocenters. The van der Waals surface area contributed by atoms with Gasteiger partial charge in [-0.3, -0.25) is 9.69 Å². The molecule has 0 bridgehead atoms. The zero-order valence-electron chi connectivity index (χ0n) is 9.51. The molecule has 2 atom stereocenters. The lowest BCUT2D eigenvalue weighted by Gasteiger charge is -2.14. The van der Waals surface area contributed by atoms with E-state index in [4.69, 9.17) is 23.2 Å². The third-order valence-electron chi connectivity index (χ3n) is 2.93. The number of likely N-dealkylation sites (tertiary alicyclic amines) is 1. The van der Waals surface area contributed by atoms with Crippen LogP contribution in [0.1, 0.15) is 10.4 Å². The minimum absolute atomic E-state index is 0.105. The van der Waals surface area contributed by atoms with Crippen LogP contribution >= 0.6 is 23.2 Å². The predicted molar refractivity (Wildman–Crippen MR) is 69.2 cm³/mol. The lowest BCUT2D eigenvalue weighted by Crippen LogP contribution is -2.29. The number of carbonyl (C=O) groups is 1. The van der Waals surface area contributed by atoms with Gasteiger partial charge in [0, 0.05) is 23.7 Å². The van der Waals surface area contributed by atoms with E-state index in [0.29, 0.717) is 15.6 Å². The van der Waals surface area contributed by atoms with Crippen LogP contribution in [-0.2, 0) is 0 Å². The monoisotopic (exact) mass is 289 g/mol. The van der Waals surface area contributed by atoms with Gasteiger partial charge >= 0.3 is 0 Å². The first-order valence-electron chi connectivity index (χ1n) is 5.54. The molecule has 0 aromatic heterocycles. The quantitative estimate of drug-likeness (QED) is 0.822. The van der Waals surface area contributed by atoms with Crippen molar-refractivity contribution in [2.75, 3.05) is 19.6 Å². The van der Waals surface area contributed by atoms with Crippen molar-refractivity contribution in [3.8, 4) is 0 Å². The van der Waals surface area contributed by atoms with E-state index in [1.165, 1.54) is 6.07 Å². The number of rotatable bonds is 3. The molecule has 1 aromatic rings. The molecule has 0 radical (unpaired) electrons. The molecule has 1 heterocycles. The van der Waals surface area contributed by atoms with E-state index in [9.17, 15) is 15.0 Å². The molecular formula is C12H13Cl2NO3. The molecule has 18 heavy (non-hydrogen) atoms. The summed E-state index contributed by atoms with van der Waals surface area (Å²) in [5, 5.41) is 19.6. The average Bonchev–Trinajstić information content (AvgIpc) is 2.61. The highest BCUT2D eigenvalue weighted by atomic mass is 35.5. The van der Waals surface area contributed by atoms with E-state index in [1.54, 1.807) is 17.0 Å². The smallest absolute Gasteiger partial charge is 0.178 e. The van der Waals surface area contributed by atoms with Gasteiger partial charge in [-0.15, -0.1) is 0 Å². The standard InChI is InChI=1S/C12H13Cl2NO3/c13-7-1-2-9(14)8(3-7)10(16)4-15-5-11(17)12(18)6-15/h1-3,11-12,17-18H,4-6H2. The molecule has 6 heteroatoms. The molecule has 4 nitrogen and oxygen atoms in total. The Labute approximate surface area is 115 Å². The van der Waals surface area contributed by atoms with Crippen LogP contribution in [0.2, 0.25) is 10.0 Å². The summed E-state index contributed by atoms with van der Waals surface area (Å²) in [4.78, 5) is 13.7. The first-order chi connectivity index (χ1) is 8.47. The summed E-state index contributed by atoms with van der Waals surface area (Å²) in [6, 6.07) is 4.71. The second-order valence-corrected chi connectivity index (χ2v) is 5.22. The van der Waals surface area contributed by atoms with Crippen LogP contribution in [0.3, 0.4) is 0 Å². The molecule has 1 fully saturated rings. The second-order valence-electron chi connectivity index (χ2n) is 4.38. The van der Waals surface area contributed by atoms with Gasteiger partial charge in [0.1, 0.15) is 0 Å². The van der Waals surface area contributed by atoms with E-state index < -0.39 is 12.2 Å². The molecule has 98 valence electrons. The van der Waals surface area contributed by atoms with Crippen molar-refractivity contribution in [1.82, 2.24) is 4.90 Å². The van der Waals surface area contributed by atoms with Crippen LogP contribution in [0, 0.1) is 0 Å². The van der Waals surface area contributed by atoms with Crippen molar-refractivity contribution in [3.05, 3.63) is 33.8 Å². The van der Waals surface area contributed by atoms with Gasteiger partial charge in [-0.2, -0.15) is 0 Å². The maximum absolute atomic E-state index is 12.0. The van der Waals surface area contributed by atoms with Gasteiger partial charge < -0.3 is 10.2 Å². The van der Waals surface area contributed by atoms with Gasteiger partial charge in [0.2, 0.25) is 0 Å². The average molecular weight is 290 g/mol. The highest BCUT2D eigenvalue weighted by Gasteiger charge is 2.30. The fourth-order valence-corrected chi connectivity index (χ4v) is 2.37. The number of hydrogen-bond donors (Lipinski definition) is 2. The van der Waals surface area contributed by atoms with E-state index in [1.807, 2.05) is 0 Å². The fourth-order valence-electron chi connectivity index (χ4n) is 1.98. The van der Waals surface area contributed by atoms with Crippen LogP contribution in [-0.4, -0.2) is 52.7 Å². The molecule has 1 aliphatic rings. The third-order valence-corrected chi connectivity index (χ3v) is 3.50. The summed E-state index contributed by atoms with van der Waals surface area (Å²) in [5.41, 5.74) is 0.361. The van der Waals surface area contributed by atoms with Crippen LogP contribution < -0.4 is 0 Å².